The summed E-state index contributed by atoms with van der Waals surface area (Å²) in [6, 6.07) is 11.1. The van der Waals surface area contributed by atoms with Gasteiger partial charge < -0.3 is 10.2 Å². The zero-order chi connectivity index (χ0) is 27.7. The number of benzene rings is 2. The number of carbonyl (C=O) groups is 3. The summed E-state index contributed by atoms with van der Waals surface area (Å²) < 4.78 is 28.6. The molecule has 0 radical (unpaired) electrons. The molecule has 0 fully saturated rings. The van der Waals surface area contributed by atoms with Gasteiger partial charge in [-0.2, -0.15) is 0 Å². The largest absolute Gasteiger partial charge is 0.338 e. The number of sulfonamides is 1. The number of rotatable bonds is 6. The van der Waals surface area contributed by atoms with Crippen molar-refractivity contribution >= 4 is 39.1 Å². The predicted octanol–water partition coefficient (Wildman–Crippen LogP) is 4.59. The highest BCUT2D eigenvalue weighted by atomic mass is 32.2. The summed E-state index contributed by atoms with van der Waals surface area (Å²) in [6.45, 7) is 13.2. The lowest BCUT2D eigenvalue weighted by atomic mass is 9.95. The second-order valence-electron chi connectivity index (χ2n) is 11.1. The number of hydrogen-bond acceptors (Lipinski definition) is 5. The smallest absolute Gasteiger partial charge is 0.270 e. The molecule has 3 rings (SSSR count). The molecule has 1 aliphatic heterocycles. The minimum Gasteiger partial charge on any atom is -0.338 e. The van der Waals surface area contributed by atoms with Crippen LogP contribution in [-0.4, -0.2) is 37.6 Å². The van der Waals surface area contributed by atoms with Crippen LogP contribution in [0.5, 0.6) is 0 Å². The second-order valence-corrected chi connectivity index (χ2v) is 12.9. The molecule has 9 heteroatoms. The van der Waals surface area contributed by atoms with Crippen LogP contribution in [-0.2, 0) is 37.4 Å². The first-order chi connectivity index (χ1) is 17.1. The van der Waals surface area contributed by atoms with E-state index in [1.165, 1.54) is 18.2 Å². The molecule has 200 valence electrons. The third kappa shape index (κ3) is 6.21. The summed E-state index contributed by atoms with van der Waals surface area (Å²) in [4.78, 5) is 40.0. The maximum Gasteiger partial charge on any atom is 0.270 e. The second kappa shape index (κ2) is 10.7. The Morgan fingerprint density at radius 3 is 2.22 bits per heavy atom. The molecule has 0 aliphatic carbocycles. The van der Waals surface area contributed by atoms with Gasteiger partial charge in [0.25, 0.3) is 10.0 Å². The highest BCUT2D eigenvalue weighted by molar-refractivity contribution is 7.93. The van der Waals surface area contributed by atoms with E-state index in [0.717, 1.165) is 15.4 Å². The van der Waals surface area contributed by atoms with Crippen LogP contribution in [0.25, 0.3) is 0 Å². The summed E-state index contributed by atoms with van der Waals surface area (Å²) in [7, 11) is -4.29. The van der Waals surface area contributed by atoms with E-state index < -0.39 is 27.3 Å². The molecule has 2 aromatic carbocycles. The molecule has 1 N–H and O–H groups in total. The molecular weight excluding hydrogens is 490 g/mol. The van der Waals surface area contributed by atoms with Gasteiger partial charge in [-0.25, -0.2) is 12.7 Å². The monoisotopic (exact) mass is 527 g/mol. The molecule has 1 aliphatic rings. The first-order valence-electron chi connectivity index (χ1n) is 12.5. The molecule has 0 aromatic heterocycles. The molecule has 8 nitrogen and oxygen atoms in total. The quantitative estimate of drug-likeness (QED) is 0.592. The Morgan fingerprint density at radius 1 is 0.946 bits per heavy atom. The van der Waals surface area contributed by atoms with Crippen molar-refractivity contribution in [1.29, 1.82) is 0 Å². The van der Waals surface area contributed by atoms with Crippen molar-refractivity contribution in [2.75, 3.05) is 16.2 Å². The van der Waals surface area contributed by atoms with Crippen molar-refractivity contribution in [3.63, 3.8) is 0 Å². The number of carbonyl (C=O) groups excluding carboxylic acids is 3. The van der Waals surface area contributed by atoms with E-state index in [0.29, 0.717) is 25.2 Å². The van der Waals surface area contributed by atoms with Gasteiger partial charge in [-0.3, -0.25) is 14.4 Å². The highest BCUT2D eigenvalue weighted by Crippen LogP contribution is 2.31. The molecule has 3 amide bonds. The molecular formula is C28H37N3O5S. The zero-order valence-electron chi connectivity index (χ0n) is 22.7. The van der Waals surface area contributed by atoms with Crippen molar-refractivity contribution in [2.24, 2.45) is 17.3 Å². The summed E-state index contributed by atoms with van der Waals surface area (Å²) in [5.41, 5.74) is 1.62. The van der Waals surface area contributed by atoms with E-state index in [1.807, 2.05) is 13.8 Å². The van der Waals surface area contributed by atoms with Gasteiger partial charge >= 0.3 is 0 Å². The van der Waals surface area contributed by atoms with Crippen LogP contribution in [0.4, 0.5) is 11.4 Å². The van der Waals surface area contributed by atoms with Gasteiger partial charge in [0.15, 0.2) is 0 Å². The Morgan fingerprint density at radius 2 is 1.62 bits per heavy atom. The van der Waals surface area contributed by atoms with Crippen molar-refractivity contribution in [2.45, 2.75) is 66.3 Å². The fourth-order valence-corrected chi connectivity index (χ4v) is 5.58. The van der Waals surface area contributed by atoms with E-state index in [4.69, 9.17) is 0 Å². The third-order valence-electron chi connectivity index (χ3n) is 6.25. The van der Waals surface area contributed by atoms with Crippen LogP contribution >= 0.6 is 0 Å². The lowest BCUT2D eigenvalue weighted by Gasteiger charge is -2.31. The Kier molecular flexibility index (Phi) is 8.17. The Bertz CT molecular complexity index is 1310. The minimum absolute atomic E-state index is 0.0182. The lowest BCUT2D eigenvalue weighted by Crippen LogP contribution is -2.40. The summed E-state index contributed by atoms with van der Waals surface area (Å²) in [5, 5.41) is 2.79. The van der Waals surface area contributed by atoms with Gasteiger partial charge in [-0.05, 0) is 47.9 Å². The molecule has 0 saturated heterocycles. The molecule has 0 unspecified atom stereocenters. The molecule has 0 spiro atoms. The van der Waals surface area contributed by atoms with Gasteiger partial charge in [-0.15, -0.1) is 0 Å². The number of nitrogens with one attached hydrogen (secondary N) is 1. The number of anilines is 2. The topological polar surface area (TPSA) is 104 Å². The van der Waals surface area contributed by atoms with Crippen LogP contribution in [0.1, 0.15) is 59.6 Å². The van der Waals surface area contributed by atoms with Gasteiger partial charge in [0.2, 0.25) is 17.7 Å². The van der Waals surface area contributed by atoms with Gasteiger partial charge in [0, 0.05) is 36.0 Å². The maximum absolute atomic E-state index is 13.9. The number of fused-ring (bicyclic) bond motifs is 1. The average Bonchev–Trinajstić information content (AvgIpc) is 2.82. The van der Waals surface area contributed by atoms with Gasteiger partial charge in [-0.1, -0.05) is 60.6 Å². The number of nitrogens with zero attached hydrogens (tertiary/aromatic N) is 2. The van der Waals surface area contributed by atoms with Crippen molar-refractivity contribution < 1.29 is 22.8 Å². The van der Waals surface area contributed by atoms with Crippen LogP contribution in [0.3, 0.4) is 0 Å². The van der Waals surface area contributed by atoms with Crippen molar-refractivity contribution in [3.8, 4) is 0 Å². The van der Waals surface area contributed by atoms with Gasteiger partial charge in [0.05, 0.1) is 10.6 Å². The zero-order valence-corrected chi connectivity index (χ0v) is 23.5. The Hall–Kier alpha value is -3.20. The molecule has 0 bridgehead atoms. The molecule has 1 heterocycles. The summed E-state index contributed by atoms with van der Waals surface area (Å²) >= 11 is 0. The van der Waals surface area contributed by atoms with E-state index in [9.17, 15) is 22.8 Å². The van der Waals surface area contributed by atoms with E-state index in [-0.39, 0.29) is 28.3 Å². The van der Waals surface area contributed by atoms with Gasteiger partial charge in [0.1, 0.15) is 0 Å². The molecule has 2 aromatic rings. The van der Waals surface area contributed by atoms with E-state index >= 15 is 0 Å². The fourth-order valence-electron chi connectivity index (χ4n) is 4.00. The van der Waals surface area contributed by atoms with Crippen molar-refractivity contribution in [3.05, 3.63) is 53.6 Å². The normalized spacial score (nSPS) is 13.9. The van der Waals surface area contributed by atoms with Crippen LogP contribution in [0, 0.1) is 17.3 Å². The molecule has 0 saturated carbocycles. The number of hydrogen-bond donors (Lipinski definition) is 1. The highest BCUT2D eigenvalue weighted by Gasteiger charge is 2.34. The molecule has 37 heavy (non-hydrogen) atoms. The van der Waals surface area contributed by atoms with Crippen molar-refractivity contribution in [1.82, 2.24) is 4.90 Å². The fraction of sp³-hybridized carbons (Fsp3) is 0.464. The van der Waals surface area contributed by atoms with E-state index in [2.05, 4.69) is 5.32 Å². The Balaban J connectivity index is 2.03. The van der Waals surface area contributed by atoms with Crippen LogP contribution in [0.15, 0.2) is 47.4 Å². The lowest BCUT2D eigenvalue weighted by molar-refractivity contribution is -0.135. The predicted molar refractivity (Wildman–Crippen MR) is 144 cm³/mol. The maximum atomic E-state index is 13.9. The summed E-state index contributed by atoms with van der Waals surface area (Å²) in [5.74, 6) is -1.55. The first kappa shape index (κ1) is 28.4. The van der Waals surface area contributed by atoms with Crippen LogP contribution < -0.4 is 9.62 Å². The standard InChI is InChI=1S/C28H37N3O5S/c1-18(2)25(32)30-14-13-20-11-12-24(15-21(20)17-30)37(35,36)31(26(33)19(3)4)23-10-8-9-22(16-23)29-27(34)28(5,6)7/h8-12,15-16,18-19H,13-14,17H2,1-7H3,(H,29,34). The first-order valence-corrected chi connectivity index (χ1v) is 14.0. The summed E-state index contributed by atoms with van der Waals surface area (Å²) in [6.07, 6.45) is 0.637. The third-order valence-corrected chi connectivity index (χ3v) is 7.97. The molecule has 0 atom stereocenters. The number of amides is 3. The van der Waals surface area contributed by atoms with Crippen LogP contribution in [0.2, 0.25) is 0 Å². The Labute approximate surface area is 220 Å². The average molecular weight is 528 g/mol. The SMILES string of the molecule is CC(C)C(=O)N1CCc2ccc(S(=O)(=O)N(C(=O)C(C)C)c3cccc(NC(=O)C(C)(C)C)c3)cc2C1. The minimum atomic E-state index is -4.29. The van der Waals surface area contributed by atoms with E-state index in [1.54, 1.807) is 63.8 Å².